The molecule has 1 fully saturated rings. The van der Waals surface area contributed by atoms with E-state index in [2.05, 4.69) is 22.1 Å². The number of rotatable bonds is 5. The molecule has 132 valence electrons. The van der Waals surface area contributed by atoms with Gasteiger partial charge in [0.25, 0.3) is 0 Å². The quantitative estimate of drug-likeness (QED) is 0.497. The molecule has 1 N–H and O–H groups in total. The summed E-state index contributed by atoms with van der Waals surface area (Å²) < 4.78 is 10.0. The summed E-state index contributed by atoms with van der Waals surface area (Å²) >= 11 is 0. The van der Waals surface area contributed by atoms with Crippen LogP contribution >= 0.6 is 0 Å². The first-order valence-electron chi connectivity index (χ1n) is 8.19. The summed E-state index contributed by atoms with van der Waals surface area (Å²) in [6, 6.07) is 3.79. The van der Waals surface area contributed by atoms with Crippen molar-refractivity contribution in [3.05, 3.63) is 23.9 Å². The van der Waals surface area contributed by atoms with Gasteiger partial charge in [0.05, 0.1) is 26.7 Å². The molecule has 2 atom stereocenters. The van der Waals surface area contributed by atoms with Gasteiger partial charge >= 0.3 is 5.97 Å². The van der Waals surface area contributed by atoms with Crippen molar-refractivity contribution in [3.63, 3.8) is 0 Å². The lowest BCUT2D eigenvalue weighted by Crippen LogP contribution is -2.40. The van der Waals surface area contributed by atoms with E-state index in [0.717, 1.165) is 24.6 Å². The molecule has 2 unspecified atom stereocenters. The molecule has 2 heterocycles. The number of nitrogens with one attached hydrogen (secondary N) is 1. The number of hydrogen-bond donors (Lipinski definition) is 1. The topological polar surface area (TPSA) is 76.1 Å². The standard InChI is InChI=1S/C17H26N4O3/c1-5-18-17(20-9-13-6-7-19-15(8-13)23-3)21-10-12(2)14(11-21)16(22)24-4/h6-8,12,14H,5,9-11H2,1-4H3,(H,18,20). The van der Waals surface area contributed by atoms with Crippen LogP contribution in [0, 0.1) is 11.8 Å². The summed E-state index contributed by atoms with van der Waals surface area (Å²) in [4.78, 5) is 22.8. The van der Waals surface area contributed by atoms with Crippen molar-refractivity contribution in [2.45, 2.75) is 20.4 Å². The number of methoxy groups -OCH3 is 2. The minimum absolute atomic E-state index is 0.111. The molecule has 1 saturated heterocycles. The Kier molecular flexibility index (Phi) is 6.40. The van der Waals surface area contributed by atoms with E-state index in [1.54, 1.807) is 13.3 Å². The number of aromatic nitrogens is 1. The lowest BCUT2D eigenvalue weighted by atomic mass is 9.99. The fourth-order valence-corrected chi connectivity index (χ4v) is 2.85. The van der Waals surface area contributed by atoms with Gasteiger partial charge in [0.2, 0.25) is 5.88 Å². The predicted molar refractivity (Wildman–Crippen MR) is 91.8 cm³/mol. The van der Waals surface area contributed by atoms with Crippen molar-refractivity contribution in [2.24, 2.45) is 16.8 Å². The third-order valence-electron chi connectivity index (χ3n) is 4.17. The van der Waals surface area contributed by atoms with Crippen molar-refractivity contribution < 1.29 is 14.3 Å². The van der Waals surface area contributed by atoms with Crippen LogP contribution in [0.5, 0.6) is 5.88 Å². The number of nitrogens with zero attached hydrogens (tertiary/aromatic N) is 3. The number of carbonyl (C=O) groups is 1. The average Bonchev–Trinajstić information content (AvgIpc) is 2.99. The fraction of sp³-hybridized carbons (Fsp3) is 0.588. The second-order valence-electron chi connectivity index (χ2n) is 5.89. The highest BCUT2D eigenvalue weighted by atomic mass is 16.5. The first-order chi connectivity index (χ1) is 11.6. The molecule has 0 amide bonds. The van der Waals surface area contributed by atoms with Crippen LogP contribution in [0.2, 0.25) is 0 Å². The van der Waals surface area contributed by atoms with Gasteiger partial charge < -0.3 is 19.7 Å². The molecule has 0 aliphatic carbocycles. The normalized spacial score (nSPS) is 20.8. The average molecular weight is 334 g/mol. The number of aliphatic imine (C=N–C) groups is 1. The van der Waals surface area contributed by atoms with Crippen LogP contribution in [0.1, 0.15) is 19.4 Å². The van der Waals surface area contributed by atoms with Crippen LogP contribution in [0.25, 0.3) is 0 Å². The van der Waals surface area contributed by atoms with Gasteiger partial charge in [-0.05, 0) is 24.5 Å². The smallest absolute Gasteiger partial charge is 0.310 e. The van der Waals surface area contributed by atoms with Gasteiger partial charge in [-0.3, -0.25) is 4.79 Å². The molecule has 7 heteroatoms. The van der Waals surface area contributed by atoms with Gasteiger partial charge in [-0.15, -0.1) is 0 Å². The van der Waals surface area contributed by atoms with Crippen LogP contribution in [0.4, 0.5) is 0 Å². The molecule has 1 aromatic heterocycles. The van der Waals surface area contributed by atoms with Gasteiger partial charge in [0.1, 0.15) is 0 Å². The van der Waals surface area contributed by atoms with Crippen molar-refractivity contribution in [3.8, 4) is 5.88 Å². The summed E-state index contributed by atoms with van der Waals surface area (Å²) in [7, 11) is 3.03. The lowest BCUT2D eigenvalue weighted by Gasteiger charge is -2.21. The Bertz CT molecular complexity index is 591. The van der Waals surface area contributed by atoms with E-state index in [1.807, 2.05) is 19.1 Å². The number of likely N-dealkylation sites (tertiary alicyclic amines) is 1. The molecular weight excluding hydrogens is 308 g/mol. The van der Waals surface area contributed by atoms with E-state index in [4.69, 9.17) is 14.5 Å². The molecule has 24 heavy (non-hydrogen) atoms. The minimum Gasteiger partial charge on any atom is -0.481 e. The van der Waals surface area contributed by atoms with E-state index in [1.165, 1.54) is 7.11 Å². The van der Waals surface area contributed by atoms with Crippen molar-refractivity contribution in [1.82, 2.24) is 15.2 Å². The maximum Gasteiger partial charge on any atom is 0.310 e. The molecule has 7 nitrogen and oxygen atoms in total. The largest absolute Gasteiger partial charge is 0.481 e. The number of hydrogen-bond acceptors (Lipinski definition) is 5. The Morgan fingerprint density at radius 2 is 2.25 bits per heavy atom. The monoisotopic (exact) mass is 334 g/mol. The highest BCUT2D eigenvalue weighted by Gasteiger charge is 2.36. The second kappa shape index (κ2) is 8.52. The first kappa shape index (κ1) is 18.0. The molecule has 0 spiro atoms. The molecule has 0 radical (unpaired) electrons. The fourth-order valence-electron chi connectivity index (χ4n) is 2.85. The molecule has 1 aliphatic heterocycles. The predicted octanol–water partition coefficient (Wildman–Crippen LogP) is 1.30. The molecule has 2 rings (SSSR count). The van der Waals surface area contributed by atoms with Crippen LogP contribution in [0.3, 0.4) is 0 Å². The number of guanidine groups is 1. The van der Waals surface area contributed by atoms with Crippen molar-refractivity contribution in [2.75, 3.05) is 33.9 Å². The summed E-state index contributed by atoms with van der Waals surface area (Å²) in [5.74, 6) is 1.36. The number of ether oxygens (including phenoxy) is 2. The van der Waals surface area contributed by atoms with Crippen molar-refractivity contribution in [1.29, 1.82) is 0 Å². The van der Waals surface area contributed by atoms with Gasteiger partial charge in [0, 0.05) is 31.9 Å². The SMILES string of the molecule is CCNC(=NCc1ccnc(OC)c1)N1CC(C)C(C(=O)OC)C1. The minimum atomic E-state index is -0.153. The van der Waals surface area contributed by atoms with E-state index in [-0.39, 0.29) is 17.8 Å². The Balaban J connectivity index is 2.09. The maximum atomic E-state index is 11.9. The summed E-state index contributed by atoms with van der Waals surface area (Å²) in [5, 5.41) is 3.30. The zero-order valence-corrected chi connectivity index (χ0v) is 14.8. The van der Waals surface area contributed by atoms with Crippen LogP contribution in [-0.4, -0.2) is 55.7 Å². The van der Waals surface area contributed by atoms with Crippen LogP contribution < -0.4 is 10.1 Å². The molecule has 1 aromatic rings. The van der Waals surface area contributed by atoms with Crippen LogP contribution in [0.15, 0.2) is 23.3 Å². The Morgan fingerprint density at radius 3 is 2.92 bits per heavy atom. The molecule has 0 bridgehead atoms. The number of pyridine rings is 1. The highest BCUT2D eigenvalue weighted by Crippen LogP contribution is 2.24. The Hall–Kier alpha value is -2.31. The highest BCUT2D eigenvalue weighted by molar-refractivity contribution is 5.82. The van der Waals surface area contributed by atoms with Gasteiger partial charge in [-0.1, -0.05) is 6.92 Å². The first-order valence-corrected chi connectivity index (χ1v) is 8.19. The Morgan fingerprint density at radius 1 is 1.46 bits per heavy atom. The molecule has 0 saturated carbocycles. The summed E-state index contributed by atoms with van der Waals surface area (Å²) in [6.07, 6.45) is 1.71. The zero-order chi connectivity index (χ0) is 17.5. The lowest BCUT2D eigenvalue weighted by molar-refractivity contribution is -0.145. The third-order valence-corrected chi connectivity index (χ3v) is 4.17. The second-order valence-corrected chi connectivity index (χ2v) is 5.89. The van der Waals surface area contributed by atoms with Crippen molar-refractivity contribution >= 4 is 11.9 Å². The summed E-state index contributed by atoms with van der Waals surface area (Å²) in [5.41, 5.74) is 1.02. The number of esters is 1. The van der Waals surface area contributed by atoms with Gasteiger partial charge in [-0.2, -0.15) is 0 Å². The number of carbonyl (C=O) groups excluding carboxylic acids is 1. The van der Waals surface area contributed by atoms with Crippen LogP contribution in [-0.2, 0) is 16.1 Å². The van der Waals surface area contributed by atoms with E-state index in [9.17, 15) is 4.79 Å². The molecule has 1 aliphatic rings. The Labute approximate surface area is 143 Å². The maximum absolute atomic E-state index is 11.9. The zero-order valence-electron chi connectivity index (χ0n) is 14.8. The van der Waals surface area contributed by atoms with E-state index in [0.29, 0.717) is 19.0 Å². The molecular formula is C17H26N4O3. The van der Waals surface area contributed by atoms with Gasteiger partial charge in [0.15, 0.2) is 5.96 Å². The van der Waals surface area contributed by atoms with E-state index >= 15 is 0 Å². The molecule has 0 aromatic carbocycles. The summed E-state index contributed by atoms with van der Waals surface area (Å²) in [6.45, 7) is 6.80. The van der Waals surface area contributed by atoms with E-state index < -0.39 is 0 Å². The third kappa shape index (κ3) is 4.37. The van der Waals surface area contributed by atoms with Gasteiger partial charge in [-0.25, -0.2) is 9.98 Å².